The van der Waals surface area contributed by atoms with Crippen LogP contribution in [0, 0.1) is 5.82 Å². The zero-order valence-corrected chi connectivity index (χ0v) is 9.46. The van der Waals surface area contributed by atoms with E-state index < -0.39 is 0 Å². The molecule has 0 unspecified atom stereocenters. The van der Waals surface area contributed by atoms with Crippen molar-refractivity contribution in [3.05, 3.63) is 29.6 Å². The highest BCUT2D eigenvalue weighted by Crippen LogP contribution is 2.26. The van der Waals surface area contributed by atoms with Crippen molar-refractivity contribution in [2.75, 3.05) is 18.0 Å². The van der Waals surface area contributed by atoms with Crippen LogP contribution in [0.2, 0.25) is 0 Å². The third-order valence-corrected chi connectivity index (χ3v) is 3.09. The molecule has 0 aliphatic carbocycles. The highest BCUT2D eigenvalue weighted by Gasteiger charge is 2.16. The van der Waals surface area contributed by atoms with Gasteiger partial charge in [0.25, 0.3) is 0 Å². The molecule has 0 N–H and O–H groups in total. The first-order chi connectivity index (χ1) is 7.18. The van der Waals surface area contributed by atoms with Crippen LogP contribution < -0.4 is 4.90 Å². The fourth-order valence-corrected chi connectivity index (χ4v) is 2.10. The number of hydrogen-bond acceptors (Lipinski definition) is 1. The summed E-state index contributed by atoms with van der Waals surface area (Å²) in [5.74, 6) is 0.329. The monoisotopic (exact) mass is 207 g/mol. The molecular formula is C13H18FN. The van der Waals surface area contributed by atoms with Crippen LogP contribution in [0.4, 0.5) is 10.1 Å². The van der Waals surface area contributed by atoms with E-state index in [1.165, 1.54) is 12.8 Å². The van der Waals surface area contributed by atoms with E-state index in [1.54, 1.807) is 6.07 Å². The SMILES string of the molecule is CC(C)c1ccc(N2CCCC2)c(F)c1. The van der Waals surface area contributed by atoms with Gasteiger partial charge >= 0.3 is 0 Å². The lowest BCUT2D eigenvalue weighted by Gasteiger charge is -2.19. The van der Waals surface area contributed by atoms with Crippen molar-refractivity contribution >= 4 is 5.69 Å². The van der Waals surface area contributed by atoms with Crippen molar-refractivity contribution < 1.29 is 4.39 Å². The Kier molecular flexibility index (Phi) is 2.94. The zero-order valence-electron chi connectivity index (χ0n) is 9.46. The van der Waals surface area contributed by atoms with Crippen molar-refractivity contribution in [1.29, 1.82) is 0 Å². The Bertz CT molecular complexity index is 340. The second-order valence-corrected chi connectivity index (χ2v) is 4.56. The molecule has 15 heavy (non-hydrogen) atoms. The van der Waals surface area contributed by atoms with E-state index in [4.69, 9.17) is 0 Å². The number of hydrogen-bond donors (Lipinski definition) is 0. The molecule has 0 atom stereocenters. The smallest absolute Gasteiger partial charge is 0.146 e. The van der Waals surface area contributed by atoms with Crippen LogP contribution in [-0.4, -0.2) is 13.1 Å². The van der Waals surface area contributed by atoms with Gasteiger partial charge in [0.2, 0.25) is 0 Å². The molecule has 0 amide bonds. The van der Waals surface area contributed by atoms with Crippen molar-refractivity contribution in [2.24, 2.45) is 0 Å². The molecule has 1 fully saturated rings. The van der Waals surface area contributed by atoms with Crippen LogP contribution in [0.3, 0.4) is 0 Å². The van der Waals surface area contributed by atoms with Crippen LogP contribution >= 0.6 is 0 Å². The lowest BCUT2D eigenvalue weighted by atomic mass is 10.0. The fourth-order valence-electron chi connectivity index (χ4n) is 2.10. The Labute approximate surface area is 90.9 Å². The summed E-state index contributed by atoms with van der Waals surface area (Å²) in [5, 5.41) is 0. The molecule has 1 nitrogen and oxygen atoms in total. The van der Waals surface area contributed by atoms with E-state index in [1.807, 2.05) is 12.1 Å². The molecule has 1 aromatic carbocycles. The van der Waals surface area contributed by atoms with Gasteiger partial charge in [-0.3, -0.25) is 0 Å². The Hall–Kier alpha value is -1.05. The maximum atomic E-state index is 13.8. The summed E-state index contributed by atoms with van der Waals surface area (Å²) in [7, 11) is 0. The summed E-state index contributed by atoms with van der Waals surface area (Å²) in [6.45, 7) is 6.17. The Morgan fingerprint density at radius 3 is 2.40 bits per heavy atom. The van der Waals surface area contributed by atoms with Gasteiger partial charge in [-0.1, -0.05) is 19.9 Å². The molecule has 1 aromatic rings. The third-order valence-electron chi connectivity index (χ3n) is 3.09. The molecule has 2 rings (SSSR count). The van der Waals surface area contributed by atoms with Gasteiger partial charge < -0.3 is 4.90 Å². The van der Waals surface area contributed by atoms with Gasteiger partial charge in [0.15, 0.2) is 0 Å². The quantitative estimate of drug-likeness (QED) is 0.717. The zero-order chi connectivity index (χ0) is 10.8. The Morgan fingerprint density at radius 1 is 1.20 bits per heavy atom. The third kappa shape index (κ3) is 2.14. The predicted molar refractivity (Wildman–Crippen MR) is 61.9 cm³/mol. The molecule has 0 bridgehead atoms. The first-order valence-corrected chi connectivity index (χ1v) is 5.73. The second kappa shape index (κ2) is 4.21. The molecule has 2 heteroatoms. The minimum absolute atomic E-state index is 0.0666. The first-order valence-electron chi connectivity index (χ1n) is 5.73. The molecule has 0 saturated carbocycles. The average Bonchev–Trinajstić information content (AvgIpc) is 2.70. The average molecular weight is 207 g/mol. The predicted octanol–water partition coefficient (Wildman–Crippen LogP) is 3.55. The molecule has 1 saturated heterocycles. The van der Waals surface area contributed by atoms with E-state index in [0.717, 1.165) is 24.3 Å². The summed E-state index contributed by atoms with van der Waals surface area (Å²) in [4.78, 5) is 2.14. The van der Waals surface area contributed by atoms with Crippen LogP contribution in [0.25, 0.3) is 0 Å². The largest absolute Gasteiger partial charge is 0.369 e. The standard InChI is InChI=1S/C13H18FN/c1-10(2)11-5-6-13(12(14)9-11)15-7-3-4-8-15/h5-6,9-10H,3-4,7-8H2,1-2H3. The van der Waals surface area contributed by atoms with Crippen molar-refractivity contribution in [1.82, 2.24) is 0 Å². The summed E-state index contributed by atoms with van der Waals surface area (Å²) in [5.41, 5.74) is 1.85. The highest BCUT2D eigenvalue weighted by molar-refractivity contribution is 5.50. The van der Waals surface area contributed by atoms with Gasteiger partial charge in [-0.05, 0) is 36.5 Å². The van der Waals surface area contributed by atoms with Gasteiger partial charge in [0.1, 0.15) is 5.82 Å². The minimum Gasteiger partial charge on any atom is -0.369 e. The number of benzene rings is 1. The number of rotatable bonds is 2. The second-order valence-electron chi connectivity index (χ2n) is 4.56. The minimum atomic E-state index is -0.0666. The summed E-state index contributed by atoms with van der Waals surface area (Å²) in [6.07, 6.45) is 2.37. The molecule has 0 radical (unpaired) electrons. The maximum absolute atomic E-state index is 13.8. The topological polar surface area (TPSA) is 3.24 Å². The van der Waals surface area contributed by atoms with Gasteiger partial charge in [0.05, 0.1) is 5.69 Å². The molecule has 1 aliphatic heterocycles. The van der Waals surface area contributed by atoms with E-state index in [-0.39, 0.29) is 5.82 Å². The van der Waals surface area contributed by atoms with Crippen LogP contribution in [0.1, 0.15) is 38.2 Å². The summed E-state index contributed by atoms with van der Waals surface area (Å²) in [6, 6.07) is 5.65. The Balaban J connectivity index is 2.25. The molecule has 82 valence electrons. The van der Waals surface area contributed by atoms with Crippen LogP contribution in [-0.2, 0) is 0 Å². The van der Waals surface area contributed by atoms with E-state index in [0.29, 0.717) is 5.92 Å². The van der Waals surface area contributed by atoms with Gasteiger partial charge in [0, 0.05) is 13.1 Å². The Morgan fingerprint density at radius 2 is 1.87 bits per heavy atom. The molecule has 0 spiro atoms. The highest BCUT2D eigenvalue weighted by atomic mass is 19.1. The summed E-state index contributed by atoms with van der Waals surface area (Å²) >= 11 is 0. The number of anilines is 1. The van der Waals surface area contributed by atoms with Crippen molar-refractivity contribution in [2.45, 2.75) is 32.6 Å². The molecular weight excluding hydrogens is 189 g/mol. The molecule has 0 aromatic heterocycles. The van der Waals surface area contributed by atoms with Gasteiger partial charge in [-0.2, -0.15) is 0 Å². The van der Waals surface area contributed by atoms with Crippen molar-refractivity contribution in [3.63, 3.8) is 0 Å². The number of nitrogens with zero attached hydrogens (tertiary/aromatic N) is 1. The van der Waals surface area contributed by atoms with E-state index in [2.05, 4.69) is 18.7 Å². The van der Waals surface area contributed by atoms with Crippen molar-refractivity contribution in [3.8, 4) is 0 Å². The van der Waals surface area contributed by atoms with Crippen LogP contribution in [0.5, 0.6) is 0 Å². The normalized spacial score (nSPS) is 16.4. The molecule has 1 heterocycles. The fraction of sp³-hybridized carbons (Fsp3) is 0.538. The maximum Gasteiger partial charge on any atom is 0.146 e. The van der Waals surface area contributed by atoms with Gasteiger partial charge in [-0.15, -0.1) is 0 Å². The number of halogens is 1. The summed E-state index contributed by atoms with van der Waals surface area (Å²) < 4.78 is 13.8. The van der Waals surface area contributed by atoms with E-state index in [9.17, 15) is 4.39 Å². The van der Waals surface area contributed by atoms with E-state index >= 15 is 0 Å². The molecule has 1 aliphatic rings. The van der Waals surface area contributed by atoms with Crippen LogP contribution in [0.15, 0.2) is 18.2 Å². The first kappa shape index (κ1) is 10.5. The lowest BCUT2D eigenvalue weighted by molar-refractivity contribution is 0.619. The van der Waals surface area contributed by atoms with Gasteiger partial charge in [-0.25, -0.2) is 4.39 Å². The lowest BCUT2D eigenvalue weighted by Crippen LogP contribution is -2.19.